The molecule has 2 heterocycles. The third-order valence-electron chi connectivity index (χ3n) is 1.71. The summed E-state index contributed by atoms with van der Waals surface area (Å²) < 4.78 is 0. The summed E-state index contributed by atoms with van der Waals surface area (Å²) >= 11 is 1.50. The third kappa shape index (κ3) is 1.78. The number of rotatable bonds is 2. The Labute approximate surface area is 85.7 Å². The third-order valence-corrected chi connectivity index (χ3v) is 2.56. The van der Waals surface area contributed by atoms with Crippen molar-refractivity contribution < 1.29 is 0 Å². The highest BCUT2D eigenvalue weighted by molar-refractivity contribution is 7.10. The lowest BCUT2D eigenvalue weighted by Gasteiger charge is -1.92. The second kappa shape index (κ2) is 3.99. The lowest BCUT2D eigenvalue weighted by Crippen LogP contribution is -1.83. The van der Waals surface area contributed by atoms with Crippen molar-refractivity contribution in [3.05, 3.63) is 34.8 Å². The number of nitrogens with zero attached hydrogens (tertiary/aromatic N) is 3. The molecule has 2 aromatic heterocycles. The van der Waals surface area contributed by atoms with Crippen LogP contribution in [-0.2, 0) is 6.42 Å². The molecule has 0 aliphatic heterocycles. The van der Waals surface area contributed by atoms with Gasteiger partial charge in [-0.3, -0.25) is 4.98 Å². The number of nitriles is 1. The summed E-state index contributed by atoms with van der Waals surface area (Å²) in [5, 5.41) is 11.3. The molecule has 0 saturated heterocycles. The van der Waals surface area contributed by atoms with E-state index >= 15 is 0 Å². The molecular weight excluding hydrogens is 194 g/mol. The van der Waals surface area contributed by atoms with E-state index in [1.807, 2.05) is 23.6 Å². The summed E-state index contributed by atoms with van der Waals surface area (Å²) in [5.74, 6) is 0. The topological polar surface area (TPSA) is 49.6 Å². The molecule has 0 N–H and O–H groups in total. The molecule has 0 saturated carbocycles. The predicted molar refractivity (Wildman–Crippen MR) is 54.7 cm³/mol. The molecule has 0 radical (unpaired) electrons. The molecule has 3 nitrogen and oxygen atoms in total. The zero-order valence-corrected chi connectivity index (χ0v) is 8.16. The van der Waals surface area contributed by atoms with Crippen LogP contribution >= 0.6 is 11.3 Å². The van der Waals surface area contributed by atoms with Crippen molar-refractivity contribution in [2.75, 3.05) is 0 Å². The quantitative estimate of drug-likeness (QED) is 0.748. The Morgan fingerprint density at radius 1 is 1.36 bits per heavy atom. The van der Waals surface area contributed by atoms with E-state index in [9.17, 15) is 0 Å². The molecule has 0 unspecified atom stereocenters. The van der Waals surface area contributed by atoms with E-state index in [1.165, 1.54) is 11.3 Å². The van der Waals surface area contributed by atoms with Gasteiger partial charge in [-0.05, 0) is 12.1 Å². The molecule has 0 amide bonds. The maximum atomic E-state index is 8.50. The average molecular weight is 201 g/mol. The van der Waals surface area contributed by atoms with Crippen LogP contribution in [0.5, 0.6) is 0 Å². The van der Waals surface area contributed by atoms with Gasteiger partial charge in [0.25, 0.3) is 0 Å². The van der Waals surface area contributed by atoms with E-state index in [0.717, 1.165) is 16.4 Å². The van der Waals surface area contributed by atoms with Gasteiger partial charge in [0.2, 0.25) is 0 Å². The summed E-state index contributed by atoms with van der Waals surface area (Å²) in [6.07, 6.45) is 2.11. The minimum Gasteiger partial charge on any atom is -0.255 e. The molecule has 0 aromatic carbocycles. The van der Waals surface area contributed by atoms with Crippen LogP contribution in [0.15, 0.2) is 29.8 Å². The molecule has 0 atom stereocenters. The molecule has 0 spiro atoms. The number of hydrogen-bond acceptors (Lipinski definition) is 4. The first kappa shape index (κ1) is 8.85. The Kier molecular flexibility index (Phi) is 2.52. The van der Waals surface area contributed by atoms with Crippen molar-refractivity contribution in [3.63, 3.8) is 0 Å². The molecule has 0 fully saturated rings. The monoisotopic (exact) mass is 201 g/mol. The zero-order valence-electron chi connectivity index (χ0n) is 7.34. The molecule has 2 rings (SSSR count). The van der Waals surface area contributed by atoms with Crippen LogP contribution in [0.4, 0.5) is 0 Å². The number of hydrogen-bond donors (Lipinski definition) is 0. The smallest absolute Gasteiger partial charge is 0.107 e. The summed E-state index contributed by atoms with van der Waals surface area (Å²) in [4.78, 5) is 8.49. The molecule has 68 valence electrons. The standard InChI is InChI=1S/C10H7N3S/c11-5-4-10-13-9(7-14-10)8-3-1-2-6-12-8/h1-3,6-7H,4H2. The van der Waals surface area contributed by atoms with Crippen molar-refractivity contribution in [2.45, 2.75) is 6.42 Å². The molecule has 0 aliphatic rings. The van der Waals surface area contributed by atoms with Gasteiger partial charge in [0, 0.05) is 11.6 Å². The largest absolute Gasteiger partial charge is 0.255 e. The average Bonchev–Trinajstić information content (AvgIpc) is 2.68. The molecular formula is C10H7N3S. The van der Waals surface area contributed by atoms with Crippen LogP contribution in [0.1, 0.15) is 5.01 Å². The second-order valence-corrected chi connectivity index (χ2v) is 3.62. The maximum absolute atomic E-state index is 8.50. The fourth-order valence-electron chi connectivity index (χ4n) is 1.09. The van der Waals surface area contributed by atoms with Gasteiger partial charge in [-0.1, -0.05) is 6.07 Å². The van der Waals surface area contributed by atoms with E-state index in [-0.39, 0.29) is 0 Å². The van der Waals surface area contributed by atoms with Crippen molar-refractivity contribution >= 4 is 11.3 Å². The van der Waals surface area contributed by atoms with Crippen molar-refractivity contribution in [3.8, 4) is 17.5 Å². The predicted octanol–water partition coefficient (Wildman–Crippen LogP) is 2.27. The van der Waals surface area contributed by atoms with Gasteiger partial charge >= 0.3 is 0 Å². The summed E-state index contributed by atoms with van der Waals surface area (Å²) in [6, 6.07) is 7.77. The Morgan fingerprint density at radius 3 is 3.00 bits per heavy atom. The highest BCUT2D eigenvalue weighted by Crippen LogP contribution is 2.19. The lowest BCUT2D eigenvalue weighted by molar-refractivity contribution is 1.17. The first-order valence-electron chi connectivity index (χ1n) is 4.13. The number of thiazole rings is 1. The first-order valence-corrected chi connectivity index (χ1v) is 5.01. The van der Waals surface area contributed by atoms with E-state index in [4.69, 9.17) is 5.26 Å². The maximum Gasteiger partial charge on any atom is 0.107 e. The number of pyridine rings is 1. The van der Waals surface area contributed by atoms with Gasteiger partial charge in [-0.25, -0.2) is 4.98 Å². The van der Waals surface area contributed by atoms with Crippen molar-refractivity contribution in [1.82, 2.24) is 9.97 Å². The molecule has 4 heteroatoms. The minimum absolute atomic E-state index is 0.373. The van der Waals surface area contributed by atoms with Crippen LogP contribution < -0.4 is 0 Å². The first-order chi connectivity index (χ1) is 6.90. The highest BCUT2D eigenvalue weighted by Gasteiger charge is 2.03. The summed E-state index contributed by atoms with van der Waals surface area (Å²) in [6.45, 7) is 0. The van der Waals surface area contributed by atoms with E-state index < -0.39 is 0 Å². The Morgan fingerprint density at radius 2 is 2.29 bits per heavy atom. The minimum atomic E-state index is 0.373. The van der Waals surface area contributed by atoms with Gasteiger partial charge in [0.15, 0.2) is 0 Å². The van der Waals surface area contributed by atoms with Crippen molar-refractivity contribution in [2.24, 2.45) is 0 Å². The fraction of sp³-hybridized carbons (Fsp3) is 0.100. The molecule has 0 aliphatic carbocycles. The molecule has 0 bridgehead atoms. The van der Waals surface area contributed by atoms with Gasteiger partial charge in [-0.2, -0.15) is 5.26 Å². The van der Waals surface area contributed by atoms with E-state index in [1.54, 1.807) is 6.20 Å². The normalized spacial score (nSPS) is 9.64. The van der Waals surface area contributed by atoms with Crippen LogP contribution in [0.2, 0.25) is 0 Å². The van der Waals surface area contributed by atoms with Crippen LogP contribution in [0.25, 0.3) is 11.4 Å². The number of aromatic nitrogens is 2. The van der Waals surface area contributed by atoms with Crippen LogP contribution in [0, 0.1) is 11.3 Å². The molecule has 2 aromatic rings. The second-order valence-electron chi connectivity index (χ2n) is 2.68. The zero-order chi connectivity index (χ0) is 9.80. The van der Waals surface area contributed by atoms with Crippen molar-refractivity contribution in [1.29, 1.82) is 5.26 Å². The van der Waals surface area contributed by atoms with Crippen LogP contribution in [0.3, 0.4) is 0 Å². The summed E-state index contributed by atoms with van der Waals surface area (Å²) in [5.41, 5.74) is 1.70. The van der Waals surface area contributed by atoms with Gasteiger partial charge < -0.3 is 0 Å². The fourth-order valence-corrected chi connectivity index (χ4v) is 1.81. The van der Waals surface area contributed by atoms with Gasteiger partial charge in [0.1, 0.15) is 5.01 Å². The summed E-state index contributed by atoms with van der Waals surface area (Å²) in [7, 11) is 0. The Hall–Kier alpha value is -1.73. The van der Waals surface area contributed by atoms with Gasteiger partial charge in [-0.15, -0.1) is 11.3 Å². The van der Waals surface area contributed by atoms with E-state index in [2.05, 4.69) is 16.0 Å². The van der Waals surface area contributed by atoms with Crippen LogP contribution in [-0.4, -0.2) is 9.97 Å². The van der Waals surface area contributed by atoms with Gasteiger partial charge in [0.05, 0.1) is 23.9 Å². The molecule has 14 heavy (non-hydrogen) atoms. The Bertz CT molecular complexity index is 456. The highest BCUT2D eigenvalue weighted by atomic mass is 32.1. The Balaban J connectivity index is 2.31. The SMILES string of the molecule is N#CCc1nc(-c2ccccn2)cs1. The lowest BCUT2D eigenvalue weighted by atomic mass is 10.3. The van der Waals surface area contributed by atoms with E-state index in [0.29, 0.717) is 6.42 Å².